The zero-order valence-electron chi connectivity index (χ0n) is 17.3. The van der Waals surface area contributed by atoms with Gasteiger partial charge < -0.3 is 20.4 Å². The molecule has 2 heterocycles. The third-order valence-electron chi connectivity index (χ3n) is 5.38. The maximum absolute atomic E-state index is 4.62. The fourth-order valence-electron chi connectivity index (χ4n) is 3.58. The van der Waals surface area contributed by atoms with E-state index in [1.165, 1.54) is 16.8 Å². The van der Waals surface area contributed by atoms with Gasteiger partial charge >= 0.3 is 0 Å². The van der Waals surface area contributed by atoms with Gasteiger partial charge in [-0.3, -0.25) is 0 Å². The molecule has 29 heavy (non-hydrogen) atoms. The lowest BCUT2D eigenvalue weighted by Crippen LogP contribution is -2.44. The van der Waals surface area contributed by atoms with E-state index in [2.05, 4.69) is 93.8 Å². The largest absolute Gasteiger partial charge is 0.369 e. The van der Waals surface area contributed by atoms with Gasteiger partial charge in [-0.2, -0.15) is 4.98 Å². The molecule has 0 atom stereocenters. The van der Waals surface area contributed by atoms with Crippen LogP contribution in [0.25, 0.3) is 0 Å². The van der Waals surface area contributed by atoms with E-state index >= 15 is 0 Å². The lowest BCUT2D eigenvalue weighted by Gasteiger charge is -2.34. The Balaban J connectivity index is 1.44. The number of anilines is 5. The summed E-state index contributed by atoms with van der Waals surface area (Å²) in [5.41, 5.74) is 5.71. The molecular weight excluding hydrogens is 360 g/mol. The Hall–Kier alpha value is -3.12. The molecule has 4 rings (SSSR count). The first-order valence-corrected chi connectivity index (χ1v) is 10.1. The Morgan fingerprint density at radius 1 is 0.828 bits per heavy atom. The van der Waals surface area contributed by atoms with Crippen LogP contribution in [0.4, 0.5) is 28.8 Å². The van der Waals surface area contributed by atoms with E-state index in [1.54, 1.807) is 6.20 Å². The minimum absolute atomic E-state index is 0.577. The number of hydrogen-bond acceptors (Lipinski definition) is 6. The molecular formula is C23H28N6. The number of hydrogen-bond donors (Lipinski definition) is 2. The smallest absolute Gasteiger partial charge is 0.229 e. The van der Waals surface area contributed by atoms with Gasteiger partial charge in [-0.25, -0.2) is 4.98 Å². The highest BCUT2D eigenvalue weighted by molar-refractivity contribution is 5.66. The number of nitrogens with one attached hydrogen (secondary N) is 2. The molecule has 2 N–H and O–H groups in total. The second kappa shape index (κ2) is 8.49. The van der Waals surface area contributed by atoms with Crippen molar-refractivity contribution in [3.8, 4) is 0 Å². The first kappa shape index (κ1) is 19.2. The Bertz CT molecular complexity index is 941. The summed E-state index contributed by atoms with van der Waals surface area (Å²) in [6.07, 6.45) is 1.77. The lowest BCUT2D eigenvalue weighted by atomic mass is 10.1. The van der Waals surface area contributed by atoms with Gasteiger partial charge in [0.25, 0.3) is 0 Å². The minimum atomic E-state index is 0.577. The Labute approximate surface area is 172 Å². The number of nitrogens with zero attached hydrogens (tertiary/aromatic N) is 4. The molecule has 0 bridgehead atoms. The Morgan fingerprint density at radius 3 is 2.21 bits per heavy atom. The zero-order chi connectivity index (χ0) is 20.2. The number of piperazine rings is 1. The second-order valence-electron chi connectivity index (χ2n) is 7.62. The van der Waals surface area contributed by atoms with Crippen LogP contribution < -0.4 is 15.5 Å². The quantitative estimate of drug-likeness (QED) is 0.678. The van der Waals surface area contributed by atoms with Crippen LogP contribution in [0.3, 0.4) is 0 Å². The van der Waals surface area contributed by atoms with Gasteiger partial charge in [-0.15, -0.1) is 0 Å². The number of aromatic nitrogens is 2. The van der Waals surface area contributed by atoms with Gasteiger partial charge in [-0.1, -0.05) is 18.2 Å². The predicted octanol–water partition coefficient (Wildman–Crippen LogP) is 4.33. The molecule has 6 heteroatoms. The molecule has 0 unspecified atom stereocenters. The van der Waals surface area contributed by atoms with Gasteiger partial charge in [0.05, 0.1) is 0 Å². The molecule has 1 aliphatic rings. The summed E-state index contributed by atoms with van der Waals surface area (Å²) in [5, 5.41) is 6.73. The highest BCUT2D eigenvalue weighted by Crippen LogP contribution is 2.25. The summed E-state index contributed by atoms with van der Waals surface area (Å²) >= 11 is 0. The summed E-state index contributed by atoms with van der Waals surface area (Å²) in [6.45, 7) is 8.54. The van der Waals surface area contributed by atoms with Crippen LogP contribution in [0.1, 0.15) is 11.1 Å². The van der Waals surface area contributed by atoms with Crippen molar-refractivity contribution in [3.05, 3.63) is 65.9 Å². The maximum Gasteiger partial charge on any atom is 0.229 e. The molecule has 3 aromatic rings. The van der Waals surface area contributed by atoms with Crippen molar-refractivity contribution in [2.75, 3.05) is 48.8 Å². The van der Waals surface area contributed by atoms with Gasteiger partial charge in [0.2, 0.25) is 5.95 Å². The van der Waals surface area contributed by atoms with Gasteiger partial charge in [0.1, 0.15) is 5.82 Å². The molecule has 1 aromatic heterocycles. The van der Waals surface area contributed by atoms with Crippen LogP contribution in [0, 0.1) is 13.8 Å². The van der Waals surface area contributed by atoms with E-state index in [1.807, 2.05) is 6.07 Å². The van der Waals surface area contributed by atoms with Gasteiger partial charge in [0, 0.05) is 49.4 Å². The van der Waals surface area contributed by atoms with Crippen molar-refractivity contribution in [2.24, 2.45) is 0 Å². The summed E-state index contributed by atoms with van der Waals surface area (Å²) in [6, 6.07) is 16.6. The third kappa shape index (κ3) is 4.66. The molecule has 0 saturated carbocycles. The molecule has 0 radical (unpaired) electrons. The summed E-state index contributed by atoms with van der Waals surface area (Å²) < 4.78 is 0. The number of para-hydroxylation sites is 1. The fourth-order valence-corrected chi connectivity index (χ4v) is 3.58. The van der Waals surface area contributed by atoms with Crippen molar-refractivity contribution in [1.82, 2.24) is 14.9 Å². The second-order valence-corrected chi connectivity index (χ2v) is 7.62. The van der Waals surface area contributed by atoms with E-state index in [9.17, 15) is 0 Å². The molecule has 2 aromatic carbocycles. The first-order chi connectivity index (χ1) is 14.1. The number of benzene rings is 2. The average molecular weight is 389 g/mol. The molecule has 6 nitrogen and oxygen atoms in total. The topological polar surface area (TPSA) is 56.3 Å². The van der Waals surface area contributed by atoms with Gasteiger partial charge in [-0.05, 0) is 62.4 Å². The standard InChI is InChI=1S/C23H28N6/c1-17-5-4-6-18(2)22(17)26-21-11-12-24-23(27-21)25-19-7-9-20(10-8-19)29-15-13-28(3)14-16-29/h4-12H,13-16H2,1-3H3,(H2,24,25,26,27). The summed E-state index contributed by atoms with van der Waals surface area (Å²) in [5.74, 6) is 1.35. The van der Waals surface area contributed by atoms with Crippen molar-refractivity contribution in [2.45, 2.75) is 13.8 Å². The molecule has 0 spiro atoms. The Kier molecular flexibility index (Phi) is 5.62. The van der Waals surface area contributed by atoms with Crippen LogP contribution in [0.15, 0.2) is 54.7 Å². The van der Waals surface area contributed by atoms with E-state index in [0.717, 1.165) is 43.4 Å². The molecule has 1 saturated heterocycles. The highest BCUT2D eigenvalue weighted by Gasteiger charge is 2.14. The minimum Gasteiger partial charge on any atom is -0.369 e. The van der Waals surface area contributed by atoms with Crippen LogP contribution >= 0.6 is 0 Å². The van der Waals surface area contributed by atoms with E-state index < -0.39 is 0 Å². The summed E-state index contributed by atoms with van der Waals surface area (Å²) in [4.78, 5) is 13.8. The van der Waals surface area contributed by atoms with Crippen molar-refractivity contribution >= 4 is 28.8 Å². The van der Waals surface area contributed by atoms with Crippen molar-refractivity contribution in [1.29, 1.82) is 0 Å². The normalized spacial score (nSPS) is 14.7. The molecule has 150 valence electrons. The number of likely N-dealkylation sites (N-methyl/N-ethyl adjacent to an activating group) is 1. The average Bonchev–Trinajstić information content (AvgIpc) is 2.72. The molecule has 1 fully saturated rings. The van der Waals surface area contributed by atoms with Crippen LogP contribution in [0.2, 0.25) is 0 Å². The van der Waals surface area contributed by atoms with E-state index in [-0.39, 0.29) is 0 Å². The third-order valence-corrected chi connectivity index (χ3v) is 5.38. The van der Waals surface area contributed by atoms with Crippen LogP contribution in [-0.4, -0.2) is 48.1 Å². The molecule has 0 aliphatic carbocycles. The van der Waals surface area contributed by atoms with Crippen molar-refractivity contribution in [3.63, 3.8) is 0 Å². The van der Waals surface area contributed by atoms with Crippen LogP contribution in [-0.2, 0) is 0 Å². The predicted molar refractivity (Wildman–Crippen MR) is 121 cm³/mol. The SMILES string of the molecule is Cc1cccc(C)c1Nc1ccnc(Nc2ccc(N3CCN(C)CC3)cc2)n1. The molecule has 1 aliphatic heterocycles. The first-order valence-electron chi connectivity index (χ1n) is 10.1. The van der Waals surface area contributed by atoms with E-state index in [4.69, 9.17) is 0 Å². The van der Waals surface area contributed by atoms with Gasteiger partial charge in [0.15, 0.2) is 0 Å². The number of rotatable bonds is 5. The maximum atomic E-state index is 4.62. The summed E-state index contributed by atoms with van der Waals surface area (Å²) in [7, 11) is 2.17. The van der Waals surface area contributed by atoms with Crippen LogP contribution in [0.5, 0.6) is 0 Å². The van der Waals surface area contributed by atoms with Crippen molar-refractivity contribution < 1.29 is 0 Å². The number of aryl methyl sites for hydroxylation is 2. The monoisotopic (exact) mass is 388 g/mol. The highest BCUT2D eigenvalue weighted by atomic mass is 15.2. The Morgan fingerprint density at radius 2 is 1.52 bits per heavy atom. The van der Waals surface area contributed by atoms with E-state index in [0.29, 0.717) is 5.95 Å². The lowest BCUT2D eigenvalue weighted by molar-refractivity contribution is 0.313. The molecule has 0 amide bonds. The fraction of sp³-hybridized carbons (Fsp3) is 0.304. The zero-order valence-corrected chi connectivity index (χ0v) is 17.3.